The average molecular weight is 340 g/mol. The van der Waals surface area contributed by atoms with E-state index in [9.17, 15) is 13.2 Å². The molecule has 0 aliphatic carbocycles. The van der Waals surface area contributed by atoms with Gasteiger partial charge in [-0.1, -0.05) is 25.5 Å². The first kappa shape index (κ1) is 16.4. The number of aryl methyl sites for hydroxylation is 1. The molecule has 0 amide bonds. The normalized spacial score (nSPS) is 11.3. The lowest BCUT2D eigenvalue weighted by atomic mass is 10.1. The van der Waals surface area contributed by atoms with Gasteiger partial charge in [-0.2, -0.15) is 0 Å². The van der Waals surface area contributed by atoms with Crippen LogP contribution in [0.3, 0.4) is 0 Å². The van der Waals surface area contributed by atoms with E-state index in [0.717, 1.165) is 29.7 Å². The van der Waals surface area contributed by atoms with Gasteiger partial charge in [0, 0.05) is 5.38 Å². The first-order valence-electron chi connectivity index (χ1n) is 6.68. The van der Waals surface area contributed by atoms with Crippen LogP contribution >= 0.6 is 11.3 Å². The largest absolute Gasteiger partial charge is 0.481 e. The van der Waals surface area contributed by atoms with Crippen molar-refractivity contribution in [3.05, 3.63) is 40.9 Å². The molecule has 1 aromatic heterocycles. The summed E-state index contributed by atoms with van der Waals surface area (Å²) in [6.45, 7) is 2.06. The van der Waals surface area contributed by atoms with Gasteiger partial charge in [0.05, 0.1) is 17.0 Å². The molecule has 22 heavy (non-hydrogen) atoms. The Hall–Kier alpha value is -1.93. The summed E-state index contributed by atoms with van der Waals surface area (Å²) in [5.74, 6) is -1.01. The monoisotopic (exact) mass is 340 g/mol. The maximum atomic E-state index is 12.2. The molecule has 1 aromatic carbocycles. The second-order valence-corrected chi connectivity index (χ2v) is 7.25. The van der Waals surface area contributed by atoms with Crippen LogP contribution in [0.25, 0.3) is 0 Å². The predicted molar refractivity (Wildman–Crippen MR) is 84.7 cm³/mol. The third kappa shape index (κ3) is 4.28. The molecule has 0 fully saturated rings. The molecule has 0 radical (unpaired) electrons. The van der Waals surface area contributed by atoms with Crippen molar-refractivity contribution in [3.63, 3.8) is 0 Å². The van der Waals surface area contributed by atoms with E-state index in [-0.39, 0.29) is 16.4 Å². The van der Waals surface area contributed by atoms with Crippen molar-refractivity contribution >= 4 is 32.5 Å². The fourth-order valence-corrected chi connectivity index (χ4v) is 3.85. The molecule has 0 saturated carbocycles. The summed E-state index contributed by atoms with van der Waals surface area (Å²) in [5.41, 5.74) is 1.41. The van der Waals surface area contributed by atoms with Crippen molar-refractivity contribution in [2.24, 2.45) is 0 Å². The minimum atomic E-state index is -3.71. The van der Waals surface area contributed by atoms with Crippen LogP contribution in [0.1, 0.15) is 24.6 Å². The van der Waals surface area contributed by atoms with Crippen LogP contribution in [-0.2, 0) is 27.7 Å². The van der Waals surface area contributed by atoms with E-state index in [4.69, 9.17) is 5.11 Å². The molecule has 0 aliphatic heterocycles. The Kier molecular flexibility index (Phi) is 5.15. The highest BCUT2D eigenvalue weighted by atomic mass is 32.2. The maximum Gasteiger partial charge on any atom is 0.309 e. The third-order valence-corrected chi connectivity index (χ3v) is 5.17. The number of anilines is 1. The smallest absolute Gasteiger partial charge is 0.309 e. The number of thiazole rings is 1. The van der Waals surface area contributed by atoms with E-state index in [0.29, 0.717) is 5.69 Å². The number of hydrogen-bond donors (Lipinski definition) is 2. The summed E-state index contributed by atoms with van der Waals surface area (Å²) in [5, 5.41) is 10.4. The zero-order valence-electron chi connectivity index (χ0n) is 11.9. The molecular formula is C14H16N2O4S2. The predicted octanol–water partition coefficient (Wildman–Crippen LogP) is 2.52. The van der Waals surface area contributed by atoms with E-state index >= 15 is 0 Å². The van der Waals surface area contributed by atoms with Gasteiger partial charge < -0.3 is 5.11 Å². The minimum Gasteiger partial charge on any atom is -0.481 e. The summed E-state index contributed by atoms with van der Waals surface area (Å²) in [6, 6.07) is 6.68. The number of aromatic nitrogens is 1. The Morgan fingerprint density at radius 3 is 2.59 bits per heavy atom. The lowest BCUT2D eigenvalue weighted by molar-refractivity contribution is -0.136. The maximum absolute atomic E-state index is 12.2. The Morgan fingerprint density at radius 1 is 1.32 bits per heavy atom. The minimum absolute atomic E-state index is 0.155. The molecule has 2 rings (SSSR count). The van der Waals surface area contributed by atoms with Crippen LogP contribution in [0.2, 0.25) is 0 Å². The van der Waals surface area contributed by atoms with Gasteiger partial charge in [-0.15, -0.1) is 11.3 Å². The summed E-state index contributed by atoms with van der Waals surface area (Å²) in [7, 11) is -3.71. The van der Waals surface area contributed by atoms with Crippen LogP contribution in [0.15, 0.2) is 34.5 Å². The highest BCUT2D eigenvalue weighted by Crippen LogP contribution is 2.21. The van der Waals surface area contributed by atoms with Gasteiger partial charge in [0.2, 0.25) is 0 Å². The molecule has 118 valence electrons. The molecule has 0 atom stereocenters. The number of carboxylic acids is 1. The van der Waals surface area contributed by atoms with Gasteiger partial charge in [-0.05, 0) is 24.1 Å². The van der Waals surface area contributed by atoms with Gasteiger partial charge in [-0.25, -0.2) is 13.4 Å². The number of carbonyl (C=O) groups is 1. The second kappa shape index (κ2) is 6.89. The fourth-order valence-electron chi connectivity index (χ4n) is 1.89. The van der Waals surface area contributed by atoms with Crippen molar-refractivity contribution in [2.45, 2.75) is 31.1 Å². The van der Waals surface area contributed by atoms with Crippen molar-refractivity contribution in [2.75, 3.05) is 4.72 Å². The zero-order chi connectivity index (χ0) is 16.2. The standard InChI is InChI=1S/C14H16N2O4S2/c1-2-3-10-4-6-12(7-5-10)22(19,20)16-14-15-11(9-21-14)8-13(17)18/h4-7,9H,2-3,8H2,1H3,(H,15,16)(H,17,18). The highest BCUT2D eigenvalue weighted by Gasteiger charge is 2.16. The lowest BCUT2D eigenvalue weighted by Gasteiger charge is -2.06. The summed E-state index contributed by atoms with van der Waals surface area (Å²) >= 11 is 1.06. The summed E-state index contributed by atoms with van der Waals surface area (Å²) in [4.78, 5) is 14.7. The van der Waals surface area contributed by atoms with E-state index in [1.165, 1.54) is 5.38 Å². The van der Waals surface area contributed by atoms with Gasteiger partial charge >= 0.3 is 5.97 Å². The highest BCUT2D eigenvalue weighted by molar-refractivity contribution is 7.93. The van der Waals surface area contributed by atoms with Crippen LogP contribution in [0.4, 0.5) is 5.13 Å². The number of hydrogen-bond acceptors (Lipinski definition) is 5. The van der Waals surface area contributed by atoms with E-state index in [1.54, 1.807) is 24.3 Å². The number of nitrogens with zero attached hydrogens (tertiary/aromatic N) is 1. The summed E-state index contributed by atoms with van der Waals surface area (Å²) < 4.78 is 26.8. The van der Waals surface area contributed by atoms with Gasteiger partial charge in [0.15, 0.2) is 5.13 Å². The molecule has 0 aliphatic rings. The number of aliphatic carboxylic acids is 1. The Labute approximate surface area is 132 Å². The van der Waals surface area contributed by atoms with E-state index in [2.05, 4.69) is 16.6 Å². The molecular weight excluding hydrogens is 324 g/mol. The topological polar surface area (TPSA) is 96.4 Å². The molecule has 1 heterocycles. The van der Waals surface area contributed by atoms with Crippen molar-refractivity contribution in [1.82, 2.24) is 4.98 Å². The van der Waals surface area contributed by atoms with Crippen molar-refractivity contribution in [3.8, 4) is 0 Å². The molecule has 0 spiro atoms. The molecule has 8 heteroatoms. The number of nitrogens with one attached hydrogen (secondary N) is 1. The van der Waals surface area contributed by atoms with Crippen molar-refractivity contribution < 1.29 is 18.3 Å². The van der Waals surface area contributed by atoms with Crippen LogP contribution in [0, 0.1) is 0 Å². The quantitative estimate of drug-likeness (QED) is 0.807. The van der Waals surface area contributed by atoms with E-state index in [1.807, 2.05) is 0 Å². The van der Waals surface area contributed by atoms with Gasteiger partial charge in [0.1, 0.15) is 0 Å². The Balaban J connectivity index is 2.13. The number of carboxylic acid groups (broad SMARTS) is 1. The van der Waals surface area contributed by atoms with Gasteiger partial charge in [-0.3, -0.25) is 9.52 Å². The summed E-state index contributed by atoms with van der Waals surface area (Å²) in [6.07, 6.45) is 1.67. The number of rotatable bonds is 7. The van der Waals surface area contributed by atoms with Crippen LogP contribution in [-0.4, -0.2) is 24.5 Å². The molecule has 0 bridgehead atoms. The molecule has 6 nitrogen and oxygen atoms in total. The van der Waals surface area contributed by atoms with Gasteiger partial charge in [0.25, 0.3) is 10.0 Å². The number of sulfonamides is 1. The third-order valence-electron chi connectivity index (χ3n) is 2.88. The van der Waals surface area contributed by atoms with E-state index < -0.39 is 16.0 Å². The SMILES string of the molecule is CCCc1ccc(S(=O)(=O)Nc2nc(CC(=O)O)cs2)cc1. The lowest BCUT2D eigenvalue weighted by Crippen LogP contribution is -2.13. The van der Waals surface area contributed by atoms with Crippen LogP contribution < -0.4 is 4.72 Å². The Bertz CT molecular complexity index is 751. The average Bonchev–Trinajstić information content (AvgIpc) is 2.85. The Morgan fingerprint density at radius 2 is 2.00 bits per heavy atom. The van der Waals surface area contributed by atoms with Crippen molar-refractivity contribution in [1.29, 1.82) is 0 Å². The number of benzene rings is 1. The molecule has 0 saturated heterocycles. The zero-order valence-corrected chi connectivity index (χ0v) is 13.6. The fraction of sp³-hybridized carbons (Fsp3) is 0.286. The molecule has 0 unspecified atom stereocenters. The first-order chi connectivity index (χ1) is 10.4. The second-order valence-electron chi connectivity index (χ2n) is 4.71. The molecule has 2 N–H and O–H groups in total. The van der Waals surface area contributed by atoms with Crippen LogP contribution in [0.5, 0.6) is 0 Å². The first-order valence-corrected chi connectivity index (χ1v) is 9.05. The molecule has 2 aromatic rings.